The van der Waals surface area contributed by atoms with Gasteiger partial charge >= 0.3 is 5.82 Å². The minimum absolute atomic E-state index is 0.0674. The van der Waals surface area contributed by atoms with Crippen molar-refractivity contribution >= 4 is 23.1 Å². The maximum absolute atomic E-state index is 11.5. The molecule has 0 fully saturated rings. The summed E-state index contributed by atoms with van der Waals surface area (Å²) >= 11 is 0. The predicted molar refractivity (Wildman–Crippen MR) is 115 cm³/mol. The van der Waals surface area contributed by atoms with Crippen LogP contribution in [0.2, 0.25) is 0 Å². The van der Waals surface area contributed by atoms with Gasteiger partial charge in [-0.1, -0.05) is 36.4 Å². The number of aromatic nitrogens is 3. The molecule has 30 heavy (non-hydrogen) atoms. The van der Waals surface area contributed by atoms with E-state index >= 15 is 0 Å². The number of fused-ring (bicyclic) bond motifs is 2. The van der Waals surface area contributed by atoms with Crippen LogP contribution < -0.4 is 10.2 Å². The average Bonchev–Trinajstić information content (AvgIpc) is 3.16. The molecule has 0 saturated carbocycles. The lowest BCUT2D eigenvalue weighted by Crippen LogP contribution is -2.30. The van der Waals surface area contributed by atoms with Crippen molar-refractivity contribution in [2.45, 2.75) is 19.5 Å². The topological polar surface area (TPSA) is 88.6 Å². The first kappa shape index (κ1) is 18.1. The normalized spacial score (nSPS) is 13.3. The highest BCUT2D eigenvalue weighted by Crippen LogP contribution is 2.26. The molecule has 1 aliphatic heterocycles. The summed E-state index contributed by atoms with van der Waals surface area (Å²) in [6, 6.07) is 17.8. The maximum Gasteiger partial charge on any atom is 0.372 e. The maximum atomic E-state index is 11.5. The fourth-order valence-corrected chi connectivity index (χ4v) is 3.86. The van der Waals surface area contributed by atoms with Crippen LogP contribution in [0.4, 0.5) is 17.5 Å². The van der Waals surface area contributed by atoms with Gasteiger partial charge in [-0.15, -0.1) is 0 Å². The van der Waals surface area contributed by atoms with Crippen LogP contribution in [0.5, 0.6) is 0 Å². The van der Waals surface area contributed by atoms with Gasteiger partial charge < -0.3 is 20.3 Å². The smallest absolute Gasteiger partial charge is 0.359 e. The molecule has 0 spiro atoms. The molecule has 0 radical (unpaired) electrons. The number of rotatable bonds is 5. The highest BCUT2D eigenvalue weighted by atomic mass is 16.6. The zero-order chi connectivity index (χ0) is 20.5. The van der Waals surface area contributed by atoms with Crippen molar-refractivity contribution in [3.63, 3.8) is 0 Å². The van der Waals surface area contributed by atoms with Gasteiger partial charge in [0.25, 0.3) is 0 Å². The van der Waals surface area contributed by atoms with E-state index in [-0.39, 0.29) is 11.6 Å². The molecule has 0 amide bonds. The predicted octanol–water partition coefficient (Wildman–Crippen LogP) is 3.81. The van der Waals surface area contributed by atoms with Crippen LogP contribution in [0.15, 0.2) is 67.0 Å². The molecular formula is C22H20N6O2. The molecule has 1 aliphatic rings. The molecule has 0 unspecified atom stereocenters. The largest absolute Gasteiger partial charge is 0.372 e. The summed E-state index contributed by atoms with van der Waals surface area (Å²) in [4.78, 5) is 22.3. The van der Waals surface area contributed by atoms with E-state index in [1.54, 1.807) is 24.4 Å². The molecule has 150 valence electrons. The number of nitrogens with one attached hydrogen (secondary N) is 1. The summed E-state index contributed by atoms with van der Waals surface area (Å²) in [5.41, 5.74) is 4.21. The molecule has 1 aromatic carbocycles. The van der Waals surface area contributed by atoms with Crippen LogP contribution >= 0.6 is 0 Å². The van der Waals surface area contributed by atoms with Crippen molar-refractivity contribution in [2.75, 3.05) is 16.8 Å². The summed E-state index contributed by atoms with van der Waals surface area (Å²) in [6.07, 6.45) is 4.46. The Bertz CT molecular complexity index is 1220. The summed E-state index contributed by atoms with van der Waals surface area (Å²) < 4.78 is 1.47. The van der Waals surface area contributed by atoms with Gasteiger partial charge in [-0.05, 0) is 40.2 Å². The molecule has 0 saturated heterocycles. The monoisotopic (exact) mass is 400 g/mol. The number of nitrogens with zero attached hydrogens (tertiary/aromatic N) is 5. The van der Waals surface area contributed by atoms with Gasteiger partial charge in [0.15, 0.2) is 0 Å². The van der Waals surface area contributed by atoms with Gasteiger partial charge in [0.2, 0.25) is 11.5 Å². The lowest BCUT2D eigenvalue weighted by atomic mass is 10.00. The Labute approximate surface area is 173 Å². The fourth-order valence-electron chi connectivity index (χ4n) is 3.86. The first-order chi connectivity index (χ1) is 14.7. The number of anilines is 2. The van der Waals surface area contributed by atoms with E-state index in [4.69, 9.17) is 0 Å². The van der Waals surface area contributed by atoms with E-state index in [2.05, 4.69) is 44.5 Å². The van der Waals surface area contributed by atoms with Gasteiger partial charge in [0.1, 0.15) is 5.82 Å². The summed E-state index contributed by atoms with van der Waals surface area (Å²) in [6.45, 7) is 2.20. The number of nitro groups is 1. The Morgan fingerprint density at radius 3 is 2.70 bits per heavy atom. The van der Waals surface area contributed by atoms with Gasteiger partial charge in [-0.2, -0.15) is 9.38 Å². The highest BCUT2D eigenvalue weighted by molar-refractivity contribution is 5.62. The lowest BCUT2D eigenvalue weighted by Gasteiger charge is -2.29. The Morgan fingerprint density at radius 1 is 1.07 bits per heavy atom. The molecule has 3 aromatic heterocycles. The summed E-state index contributed by atoms with van der Waals surface area (Å²) in [7, 11) is 0. The third-order valence-corrected chi connectivity index (χ3v) is 5.40. The Balaban J connectivity index is 1.30. The van der Waals surface area contributed by atoms with Crippen LogP contribution in [-0.2, 0) is 19.5 Å². The van der Waals surface area contributed by atoms with Gasteiger partial charge in [-0.3, -0.25) is 0 Å². The number of imidazole rings is 1. The second-order valence-electron chi connectivity index (χ2n) is 7.29. The van der Waals surface area contributed by atoms with E-state index in [1.807, 2.05) is 18.3 Å². The van der Waals surface area contributed by atoms with Crippen molar-refractivity contribution in [2.24, 2.45) is 0 Å². The molecule has 4 heterocycles. The van der Waals surface area contributed by atoms with Crippen molar-refractivity contribution in [1.29, 1.82) is 0 Å². The van der Waals surface area contributed by atoms with Gasteiger partial charge in [-0.25, -0.2) is 4.98 Å². The van der Waals surface area contributed by atoms with Gasteiger partial charge in [0.05, 0.1) is 6.20 Å². The SMILES string of the molecule is O=[N+]([O-])c1c(NCc2ccc(N3CCc4ccccc4C3)nc2)nc2ccccn12. The molecule has 5 rings (SSSR count). The second kappa shape index (κ2) is 7.47. The van der Waals surface area contributed by atoms with Crippen molar-refractivity contribution < 1.29 is 4.92 Å². The second-order valence-corrected chi connectivity index (χ2v) is 7.29. The zero-order valence-corrected chi connectivity index (χ0v) is 16.2. The molecule has 0 bridgehead atoms. The van der Waals surface area contributed by atoms with E-state index in [9.17, 15) is 10.1 Å². The summed E-state index contributed by atoms with van der Waals surface area (Å²) in [5.74, 6) is 1.12. The molecule has 4 aromatic rings. The van der Waals surface area contributed by atoms with Crippen molar-refractivity contribution in [3.8, 4) is 0 Å². The highest BCUT2D eigenvalue weighted by Gasteiger charge is 2.22. The van der Waals surface area contributed by atoms with Crippen LogP contribution in [-0.4, -0.2) is 25.8 Å². The van der Waals surface area contributed by atoms with E-state index in [0.717, 1.165) is 30.9 Å². The van der Waals surface area contributed by atoms with E-state index in [1.165, 1.54) is 15.5 Å². The van der Waals surface area contributed by atoms with Crippen molar-refractivity contribution in [3.05, 3.63) is 93.8 Å². The average molecular weight is 400 g/mol. The standard InChI is InChI=1S/C22H20N6O2/c29-28(30)22-21(25-20-7-3-4-11-27(20)22)24-14-16-8-9-19(23-13-16)26-12-10-17-5-1-2-6-18(17)15-26/h1-9,11,13,24H,10,12,14-15H2. The van der Waals surface area contributed by atoms with E-state index in [0.29, 0.717) is 12.2 Å². The molecule has 8 heteroatoms. The van der Waals surface area contributed by atoms with E-state index < -0.39 is 4.92 Å². The van der Waals surface area contributed by atoms with Gasteiger partial charge in [0, 0.05) is 31.9 Å². The first-order valence-electron chi connectivity index (χ1n) is 9.81. The Hall–Kier alpha value is -3.94. The molecule has 0 atom stereocenters. The van der Waals surface area contributed by atoms with Crippen LogP contribution in [0.25, 0.3) is 5.65 Å². The third-order valence-electron chi connectivity index (χ3n) is 5.40. The minimum Gasteiger partial charge on any atom is -0.359 e. The molecule has 8 nitrogen and oxygen atoms in total. The lowest BCUT2D eigenvalue weighted by molar-refractivity contribution is -0.389. The fraction of sp³-hybridized carbons (Fsp3) is 0.182. The number of pyridine rings is 2. The van der Waals surface area contributed by atoms with Crippen molar-refractivity contribution in [1.82, 2.24) is 14.4 Å². The quantitative estimate of drug-likeness (QED) is 0.405. The number of hydrogen-bond donors (Lipinski definition) is 1. The Morgan fingerprint density at radius 2 is 1.90 bits per heavy atom. The molecule has 1 N–H and O–H groups in total. The number of benzene rings is 1. The minimum atomic E-state index is -0.419. The molecular weight excluding hydrogens is 380 g/mol. The van der Waals surface area contributed by atoms with Crippen LogP contribution in [0, 0.1) is 10.1 Å². The van der Waals surface area contributed by atoms with Crippen LogP contribution in [0.1, 0.15) is 16.7 Å². The number of hydrogen-bond acceptors (Lipinski definition) is 6. The third kappa shape index (κ3) is 3.32. The molecule has 0 aliphatic carbocycles. The Kier molecular flexibility index (Phi) is 4.51. The summed E-state index contributed by atoms with van der Waals surface area (Å²) in [5, 5.41) is 14.6. The zero-order valence-electron chi connectivity index (χ0n) is 16.2. The van der Waals surface area contributed by atoms with Crippen LogP contribution in [0.3, 0.4) is 0 Å². The first-order valence-corrected chi connectivity index (χ1v) is 9.81.